The molecule has 0 unspecified atom stereocenters. The summed E-state index contributed by atoms with van der Waals surface area (Å²) in [5.74, 6) is 1.47. The molecule has 0 aliphatic carbocycles. The van der Waals surface area contributed by atoms with Crippen LogP contribution in [0.25, 0.3) is 0 Å². The second-order valence-electron chi connectivity index (χ2n) is 9.98. The number of fused-ring (bicyclic) bond motifs is 1. The molecule has 1 aromatic heterocycles. The van der Waals surface area contributed by atoms with Gasteiger partial charge in [0.2, 0.25) is 5.91 Å². The monoisotopic (exact) mass is 474 g/mol. The van der Waals surface area contributed by atoms with Gasteiger partial charge in [-0.2, -0.15) is 0 Å². The van der Waals surface area contributed by atoms with Crippen molar-refractivity contribution in [1.82, 2.24) is 10.2 Å². The molecule has 0 saturated carbocycles. The molecule has 6 nitrogen and oxygen atoms in total. The van der Waals surface area contributed by atoms with Crippen LogP contribution in [-0.4, -0.2) is 29.8 Å². The molecule has 1 aliphatic rings. The first-order valence-corrected chi connectivity index (χ1v) is 12.3. The predicted octanol–water partition coefficient (Wildman–Crippen LogP) is 5.52. The van der Waals surface area contributed by atoms with E-state index in [0.29, 0.717) is 24.6 Å². The van der Waals surface area contributed by atoms with Gasteiger partial charge in [-0.05, 0) is 53.8 Å². The first-order valence-electron chi connectivity index (χ1n) is 12.3. The van der Waals surface area contributed by atoms with Gasteiger partial charge in [-0.1, -0.05) is 64.1 Å². The molecule has 1 atom stereocenters. The highest BCUT2D eigenvalue weighted by Crippen LogP contribution is 2.39. The zero-order valence-corrected chi connectivity index (χ0v) is 21.0. The first kappa shape index (κ1) is 24.6. The lowest BCUT2D eigenvalue weighted by molar-refractivity contribution is -0.141. The van der Waals surface area contributed by atoms with Crippen LogP contribution in [0.3, 0.4) is 0 Å². The standard InChI is InChI=1S/C29H34N2O4/c1-5-16-30-27(32)25-14-13-23(35-25)19-34-22-12-11-20-15-17-31(28(33)29(2,3)4)26(24(20)18-22)21-9-7-6-8-10-21/h6-14,18,26H,5,15-17,19H2,1-4H3,(H,30,32)/t26-/m1/s1. The van der Waals surface area contributed by atoms with Crippen molar-refractivity contribution in [3.05, 3.63) is 88.9 Å². The van der Waals surface area contributed by atoms with Gasteiger partial charge in [0.1, 0.15) is 18.1 Å². The van der Waals surface area contributed by atoms with Crippen molar-refractivity contribution in [3.63, 3.8) is 0 Å². The van der Waals surface area contributed by atoms with E-state index in [4.69, 9.17) is 9.15 Å². The highest BCUT2D eigenvalue weighted by Gasteiger charge is 2.37. The lowest BCUT2D eigenvalue weighted by Gasteiger charge is -2.41. The molecule has 0 bridgehead atoms. The zero-order valence-electron chi connectivity index (χ0n) is 21.0. The molecule has 2 aromatic carbocycles. The molecule has 4 rings (SSSR count). The molecule has 184 valence electrons. The SMILES string of the molecule is CCCNC(=O)c1ccc(COc2ccc3c(c2)[C@@H](c2ccccc2)N(C(=O)C(C)(C)C)CC3)o1. The molecule has 6 heteroatoms. The molecular formula is C29H34N2O4. The molecule has 1 N–H and O–H groups in total. The summed E-state index contributed by atoms with van der Waals surface area (Å²) in [5.41, 5.74) is 2.91. The maximum atomic E-state index is 13.4. The van der Waals surface area contributed by atoms with Crippen molar-refractivity contribution in [2.75, 3.05) is 13.1 Å². The van der Waals surface area contributed by atoms with E-state index in [1.54, 1.807) is 12.1 Å². The summed E-state index contributed by atoms with van der Waals surface area (Å²) in [5, 5.41) is 2.81. The number of carbonyl (C=O) groups is 2. The van der Waals surface area contributed by atoms with Crippen molar-refractivity contribution in [2.24, 2.45) is 5.41 Å². The van der Waals surface area contributed by atoms with Crippen LogP contribution < -0.4 is 10.1 Å². The highest BCUT2D eigenvalue weighted by atomic mass is 16.5. The van der Waals surface area contributed by atoms with Crippen molar-refractivity contribution >= 4 is 11.8 Å². The molecule has 1 aliphatic heterocycles. The summed E-state index contributed by atoms with van der Waals surface area (Å²) in [6.45, 7) is 9.39. The molecule has 0 fully saturated rings. The van der Waals surface area contributed by atoms with Gasteiger partial charge >= 0.3 is 0 Å². The molecule has 2 heterocycles. The summed E-state index contributed by atoms with van der Waals surface area (Å²) in [7, 11) is 0. The normalized spacial score (nSPS) is 15.4. The fraction of sp³-hybridized carbons (Fsp3) is 0.379. The Morgan fingerprint density at radius 1 is 1.09 bits per heavy atom. The van der Waals surface area contributed by atoms with Crippen LogP contribution in [0.4, 0.5) is 0 Å². The van der Waals surface area contributed by atoms with Gasteiger partial charge < -0.3 is 19.4 Å². The van der Waals surface area contributed by atoms with E-state index in [1.807, 2.05) is 62.9 Å². The molecule has 0 saturated heterocycles. The Morgan fingerprint density at radius 3 is 2.57 bits per heavy atom. The van der Waals surface area contributed by atoms with Crippen LogP contribution in [0.1, 0.15) is 73.2 Å². The van der Waals surface area contributed by atoms with E-state index < -0.39 is 5.41 Å². The van der Waals surface area contributed by atoms with Gasteiger partial charge in [0.25, 0.3) is 5.91 Å². The number of furan rings is 1. The van der Waals surface area contributed by atoms with Crippen molar-refractivity contribution in [1.29, 1.82) is 0 Å². The largest absolute Gasteiger partial charge is 0.486 e. The number of hydrogen-bond donors (Lipinski definition) is 1. The second-order valence-corrected chi connectivity index (χ2v) is 9.98. The van der Waals surface area contributed by atoms with Crippen LogP contribution in [0, 0.1) is 5.41 Å². The van der Waals surface area contributed by atoms with E-state index in [0.717, 1.165) is 24.0 Å². The number of amides is 2. The van der Waals surface area contributed by atoms with E-state index in [2.05, 4.69) is 23.5 Å². The van der Waals surface area contributed by atoms with Gasteiger partial charge in [0.15, 0.2) is 5.76 Å². The molecule has 0 radical (unpaired) electrons. The third-order valence-electron chi connectivity index (χ3n) is 6.17. The molecule has 0 spiro atoms. The Hall–Kier alpha value is -3.54. The quantitative estimate of drug-likeness (QED) is 0.490. The fourth-order valence-electron chi connectivity index (χ4n) is 4.38. The summed E-state index contributed by atoms with van der Waals surface area (Å²) in [6.07, 6.45) is 1.67. The Balaban J connectivity index is 1.57. The number of rotatable bonds is 7. The Morgan fingerprint density at radius 2 is 1.86 bits per heavy atom. The predicted molar refractivity (Wildman–Crippen MR) is 135 cm³/mol. The fourth-order valence-corrected chi connectivity index (χ4v) is 4.38. The molecular weight excluding hydrogens is 440 g/mol. The number of carbonyl (C=O) groups excluding carboxylic acids is 2. The summed E-state index contributed by atoms with van der Waals surface area (Å²) in [6, 6.07) is 19.5. The smallest absolute Gasteiger partial charge is 0.286 e. The van der Waals surface area contributed by atoms with Gasteiger partial charge in [-0.15, -0.1) is 0 Å². The number of nitrogens with one attached hydrogen (secondary N) is 1. The lowest BCUT2D eigenvalue weighted by atomic mass is 9.85. The third kappa shape index (κ3) is 5.59. The van der Waals surface area contributed by atoms with Gasteiger partial charge in [0.05, 0.1) is 6.04 Å². The van der Waals surface area contributed by atoms with E-state index >= 15 is 0 Å². The Kier molecular flexibility index (Phi) is 7.29. The van der Waals surface area contributed by atoms with Crippen LogP contribution >= 0.6 is 0 Å². The van der Waals surface area contributed by atoms with Crippen molar-refractivity contribution in [2.45, 2.75) is 53.2 Å². The van der Waals surface area contributed by atoms with Gasteiger partial charge in [0, 0.05) is 18.5 Å². The highest BCUT2D eigenvalue weighted by molar-refractivity contribution is 5.91. The summed E-state index contributed by atoms with van der Waals surface area (Å²) < 4.78 is 11.7. The number of ether oxygens (including phenoxy) is 1. The van der Waals surface area contributed by atoms with Crippen LogP contribution in [-0.2, 0) is 17.8 Å². The maximum Gasteiger partial charge on any atom is 0.286 e. The zero-order chi connectivity index (χ0) is 25.0. The Labute approximate surface area is 207 Å². The van der Waals surface area contributed by atoms with Crippen molar-refractivity contribution in [3.8, 4) is 5.75 Å². The van der Waals surface area contributed by atoms with Gasteiger partial charge in [-0.25, -0.2) is 0 Å². The summed E-state index contributed by atoms with van der Waals surface area (Å²) >= 11 is 0. The summed E-state index contributed by atoms with van der Waals surface area (Å²) in [4.78, 5) is 27.5. The average molecular weight is 475 g/mol. The van der Waals surface area contributed by atoms with Crippen molar-refractivity contribution < 1.29 is 18.7 Å². The molecule has 3 aromatic rings. The maximum absolute atomic E-state index is 13.4. The van der Waals surface area contributed by atoms with Crippen LogP contribution in [0.2, 0.25) is 0 Å². The van der Waals surface area contributed by atoms with E-state index in [1.165, 1.54) is 5.56 Å². The molecule has 35 heavy (non-hydrogen) atoms. The molecule has 2 amide bonds. The Bertz CT molecular complexity index is 1180. The van der Waals surface area contributed by atoms with Crippen LogP contribution in [0.15, 0.2) is 65.1 Å². The topological polar surface area (TPSA) is 71.8 Å². The van der Waals surface area contributed by atoms with Gasteiger partial charge in [-0.3, -0.25) is 9.59 Å². The first-order chi connectivity index (χ1) is 16.8. The minimum absolute atomic E-state index is 0.132. The number of benzene rings is 2. The van der Waals surface area contributed by atoms with E-state index in [-0.39, 0.29) is 30.2 Å². The number of hydrogen-bond acceptors (Lipinski definition) is 4. The average Bonchev–Trinajstić information content (AvgIpc) is 3.34. The van der Waals surface area contributed by atoms with Crippen LogP contribution in [0.5, 0.6) is 5.75 Å². The second kappa shape index (κ2) is 10.4. The number of nitrogens with zero attached hydrogens (tertiary/aromatic N) is 1. The lowest BCUT2D eigenvalue weighted by Crippen LogP contribution is -2.45. The van der Waals surface area contributed by atoms with E-state index in [9.17, 15) is 9.59 Å². The third-order valence-corrected chi connectivity index (χ3v) is 6.17. The minimum atomic E-state index is -0.473. The minimum Gasteiger partial charge on any atom is -0.486 e.